The van der Waals surface area contributed by atoms with Gasteiger partial charge in [0.1, 0.15) is 0 Å². The molecule has 1 N–H and O–H groups in total. The van der Waals surface area contributed by atoms with Gasteiger partial charge < -0.3 is 5.32 Å². The lowest BCUT2D eigenvalue weighted by Gasteiger charge is -2.15. The van der Waals surface area contributed by atoms with Gasteiger partial charge in [-0.2, -0.15) is 0 Å². The lowest BCUT2D eigenvalue weighted by atomic mass is 10.1. The Kier molecular flexibility index (Phi) is 5.77. The van der Waals surface area contributed by atoms with E-state index >= 15 is 0 Å². The van der Waals surface area contributed by atoms with Gasteiger partial charge >= 0.3 is 0 Å². The Labute approximate surface area is 124 Å². The number of likely N-dealkylation sites (N-methyl/N-ethyl adjacent to an activating group) is 1. The van der Waals surface area contributed by atoms with Crippen LogP contribution in [0.25, 0.3) is 0 Å². The highest BCUT2D eigenvalue weighted by atomic mass is 32.1. The molecule has 0 saturated heterocycles. The maximum atomic E-state index is 11.8. The van der Waals surface area contributed by atoms with E-state index in [1.165, 1.54) is 10.4 Å². The van der Waals surface area contributed by atoms with Crippen LogP contribution in [0, 0.1) is 0 Å². The molecule has 20 heavy (non-hydrogen) atoms. The highest BCUT2D eigenvalue weighted by molar-refractivity contribution is 7.09. The third kappa shape index (κ3) is 5.15. The van der Waals surface area contributed by atoms with Gasteiger partial charge in [0.05, 0.1) is 6.54 Å². The van der Waals surface area contributed by atoms with Crippen molar-refractivity contribution in [1.29, 1.82) is 0 Å². The fourth-order valence-corrected chi connectivity index (χ4v) is 2.80. The van der Waals surface area contributed by atoms with Crippen molar-refractivity contribution in [3.63, 3.8) is 0 Å². The number of rotatable bonds is 7. The molecule has 0 bridgehead atoms. The van der Waals surface area contributed by atoms with Gasteiger partial charge in [-0.1, -0.05) is 36.4 Å². The SMILES string of the molecule is CN(CC(=O)NCCc1ccccc1)Cc1cccs1. The molecule has 1 amide bonds. The van der Waals surface area contributed by atoms with Crippen LogP contribution >= 0.6 is 11.3 Å². The number of amides is 1. The van der Waals surface area contributed by atoms with E-state index in [4.69, 9.17) is 0 Å². The summed E-state index contributed by atoms with van der Waals surface area (Å²) in [4.78, 5) is 15.1. The molecule has 0 radical (unpaired) electrons. The van der Waals surface area contributed by atoms with Gasteiger partial charge in [-0.05, 0) is 30.5 Å². The lowest BCUT2D eigenvalue weighted by molar-refractivity contribution is -0.122. The van der Waals surface area contributed by atoms with Crippen molar-refractivity contribution in [3.8, 4) is 0 Å². The van der Waals surface area contributed by atoms with Gasteiger partial charge in [0, 0.05) is 18.0 Å². The van der Waals surface area contributed by atoms with Gasteiger partial charge in [0.2, 0.25) is 5.91 Å². The normalized spacial score (nSPS) is 10.7. The molecular formula is C16H20N2OS. The Morgan fingerprint density at radius 1 is 1.20 bits per heavy atom. The summed E-state index contributed by atoms with van der Waals surface area (Å²) in [6.07, 6.45) is 0.876. The summed E-state index contributed by atoms with van der Waals surface area (Å²) >= 11 is 1.72. The largest absolute Gasteiger partial charge is 0.355 e. The van der Waals surface area contributed by atoms with Crippen LogP contribution in [0.5, 0.6) is 0 Å². The first-order chi connectivity index (χ1) is 9.74. The molecule has 2 aromatic rings. The van der Waals surface area contributed by atoms with Crippen LogP contribution in [0.15, 0.2) is 47.8 Å². The third-order valence-electron chi connectivity index (χ3n) is 3.00. The number of carbonyl (C=O) groups is 1. The van der Waals surface area contributed by atoms with Crippen LogP contribution in [0.2, 0.25) is 0 Å². The van der Waals surface area contributed by atoms with Crippen LogP contribution in [-0.2, 0) is 17.8 Å². The van der Waals surface area contributed by atoms with Crippen LogP contribution in [0.1, 0.15) is 10.4 Å². The number of nitrogens with zero attached hydrogens (tertiary/aromatic N) is 1. The third-order valence-corrected chi connectivity index (χ3v) is 3.86. The van der Waals surface area contributed by atoms with Crippen LogP contribution in [0.4, 0.5) is 0 Å². The number of hydrogen-bond donors (Lipinski definition) is 1. The van der Waals surface area contributed by atoms with E-state index in [9.17, 15) is 4.79 Å². The topological polar surface area (TPSA) is 32.3 Å². The standard InChI is InChI=1S/C16H20N2OS/c1-18(12-15-8-5-11-20-15)13-16(19)17-10-9-14-6-3-2-4-7-14/h2-8,11H,9-10,12-13H2,1H3,(H,17,19). The zero-order valence-electron chi connectivity index (χ0n) is 11.7. The zero-order chi connectivity index (χ0) is 14.2. The highest BCUT2D eigenvalue weighted by Gasteiger charge is 2.07. The van der Waals surface area contributed by atoms with Crippen molar-refractivity contribution >= 4 is 17.2 Å². The molecule has 0 aliphatic rings. The average molecular weight is 288 g/mol. The van der Waals surface area contributed by atoms with E-state index < -0.39 is 0 Å². The van der Waals surface area contributed by atoms with E-state index in [0.717, 1.165) is 13.0 Å². The van der Waals surface area contributed by atoms with Gasteiger partial charge in [-0.3, -0.25) is 9.69 Å². The summed E-state index contributed by atoms with van der Waals surface area (Å²) < 4.78 is 0. The fourth-order valence-electron chi connectivity index (χ4n) is 2.02. The molecule has 1 aromatic carbocycles. The first-order valence-corrected chi connectivity index (χ1v) is 7.63. The number of nitrogens with one attached hydrogen (secondary N) is 1. The summed E-state index contributed by atoms with van der Waals surface area (Å²) in [6, 6.07) is 14.3. The summed E-state index contributed by atoms with van der Waals surface area (Å²) in [5.41, 5.74) is 1.25. The van der Waals surface area contributed by atoms with Crippen molar-refractivity contribution in [2.75, 3.05) is 20.1 Å². The molecule has 0 aliphatic carbocycles. The molecule has 0 unspecified atom stereocenters. The Bertz CT molecular complexity index is 511. The van der Waals surface area contributed by atoms with Crippen LogP contribution in [0.3, 0.4) is 0 Å². The lowest BCUT2D eigenvalue weighted by Crippen LogP contribution is -2.35. The van der Waals surface area contributed by atoms with Crippen LogP contribution < -0.4 is 5.32 Å². The Hall–Kier alpha value is -1.65. The minimum atomic E-state index is 0.0833. The number of hydrogen-bond acceptors (Lipinski definition) is 3. The zero-order valence-corrected chi connectivity index (χ0v) is 12.5. The molecule has 1 aromatic heterocycles. The van der Waals surface area contributed by atoms with Crippen molar-refractivity contribution in [2.24, 2.45) is 0 Å². The molecule has 3 nitrogen and oxygen atoms in total. The van der Waals surface area contributed by atoms with Crippen LogP contribution in [-0.4, -0.2) is 30.9 Å². The summed E-state index contributed by atoms with van der Waals surface area (Å²) in [5, 5.41) is 5.02. The number of carbonyl (C=O) groups excluding carboxylic acids is 1. The van der Waals surface area contributed by atoms with Crippen molar-refractivity contribution in [1.82, 2.24) is 10.2 Å². The fraction of sp³-hybridized carbons (Fsp3) is 0.312. The van der Waals surface area contributed by atoms with Crippen molar-refractivity contribution in [2.45, 2.75) is 13.0 Å². The summed E-state index contributed by atoms with van der Waals surface area (Å²) in [6.45, 7) is 1.95. The summed E-state index contributed by atoms with van der Waals surface area (Å²) in [5.74, 6) is 0.0833. The van der Waals surface area contributed by atoms with E-state index in [2.05, 4.69) is 28.9 Å². The van der Waals surface area contributed by atoms with E-state index in [1.807, 2.05) is 36.2 Å². The predicted molar refractivity (Wildman–Crippen MR) is 83.8 cm³/mol. The Balaban J connectivity index is 1.65. The predicted octanol–water partition coefficient (Wildman–Crippen LogP) is 2.54. The maximum absolute atomic E-state index is 11.8. The van der Waals surface area contributed by atoms with E-state index in [1.54, 1.807) is 11.3 Å². The first-order valence-electron chi connectivity index (χ1n) is 6.75. The Morgan fingerprint density at radius 2 is 2.00 bits per heavy atom. The van der Waals surface area contributed by atoms with Gasteiger partial charge in [0.15, 0.2) is 0 Å². The van der Waals surface area contributed by atoms with E-state index in [0.29, 0.717) is 13.1 Å². The number of thiophene rings is 1. The molecular weight excluding hydrogens is 268 g/mol. The molecule has 106 valence electrons. The highest BCUT2D eigenvalue weighted by Crippen LogP contribution is 2.10. The maximum Gasteiger partial charge on any atom is 0.234 e. The van der Waals surface area contributed by atoms with Crippen molar-refractivity contribution < 1.29 is 4.79 Å². The monoisotopic (exact) mass is 288 g/mol. The molecule has 1 heterocycles. The second-order valence-electron chi connectivity index (χ2n) is 4.84. The molecule has 4 heteroatoms. The quantitative estimate of drug-likeness (QED) is 0.849. The second-order valence-corrected chi connectivity index (χ2v) is 5.87. The molecule has 0 fully saturated rings. The Morgan fingerprint density at radius 3 is 2.70 bits per heavy atom. The summed E-state index contributed by atoms with van der Waals surface area (Å²) in [7, 11) is 1.97. The van der Waals surface area contributed by atoms with Gasteiger partial charge in [0.25, 0.3) is 0 Å². The molecule has 0 aliphatic heterocycles. The molecule has 2 rings (SSSR count). The minimum Gasteiger partial charge on any atom is -0.355 e. The van der Waals surface area contributed by atoms with Crippen molar-refractivity contribution in [3.05, 3.63) is 58.3 Å². The van der Waals surface area contributed by atoms with Gasteiger partial charge in [-0.25, -0.2) is 0 Å². The number of benzene rings is 1. The molecule has 0 saturated carbocycles. The minimum absolute atomic E-state index is 0.0833. The second kappa shape index (κ2) is 7.82. The molecule has 0 atom stereocenters. The van der Waals surface area contributed by atoms with Gasteiger partial charge in [-0.15, -0.1) is 11.3 Å². The smallest absolute Gasteiger partial charge is 0.234 e. The van der Waals surface area contributed by atoms with E-state index in [-0.39, 0.29) is 5.91 Å². The average Bonchev–Trinajstić information content (AvgIpc) is 2.92. The first kappa shape index (κ1) is 14.8. The molecule has 0 spiro atoms.